The number of amides is 1. The summed E-state index contributed by atoms with van der Waals surface area (Å²) < 4.78 is 18.4. The van der Waals surface area contributed by atoms with E-state index in [1.165, 1.54) is 25.0 Å². The highest BCUT2D eigenvalue weighted by molar-refractivity contribution is 7.99. The van der Waals surface area contributed by atoms with Gasteiger partial charge in [0.2, 0.25) is 11.8 Å². The minimum atomic E-state index is -0.340. The fourth-order valence-corrected chi connectivity index (χ4v) is 3.34. The number of hydrogen-bond acceptors (Lipinski definition) is 6. The van der Waals surface area contributed by atoms with Crippen molar-refractivity contribution >= 4 is 35.0 Å². The third kappa shape index (κ3) is 5.40. The van der Waals surface area contributed by atoms with E-state index in [2.05, 4.69) is 26.4 Å². The van der Waals surface area contributed by atoms with Gasteiger partial charge in [0, 0.05) is 11.6 Å². The van der Waals surface area contributed by atoms with Gasteiger partial charge in [0.15, 0.2) is 5.11 Å². The average Bonchev–Trinajstić information content (AvgIpc) is 3.31. The fourth-order valence-electron chi connectivity index (χ4n) is 2.56. The van der Waals surface area contributed by atoms with Crippen LogP contribution >= 0.6 is 24.0 Å². The molecular formula is C16H18FN5O2S2. The van der Waals surface area contributed by atoms with Crippen molar-refractivity contribution < 1.29 is 13.6 Å². The molecule has 2 aromatic rings. The Bertz CT molecular complexity index is 762. The van der Waals surface area contributed by atoms with Crippen LogP contribution in [0.2, 0.25) is 0 Å². The molecule has 1 aliphatic carbocycles. The molecule has 26 heavy (non-hydrogen) atoms. The van der Waals surface area contributed by atoms with Crippen LogP contribution in [-0.4, -0.2) is 33.0 Å². The number of benzene rings is 1. The van der Waals surface area contributed by atoms with E-state index < -0.39 is 0 Å². The lowest BCUT2D eigenvalue weighted by atomic mass is 10.2. The summed E-state index contributed by atoms with van der Waals surface area (Å²) in [7, 11) is 0. The highest BCUT2D eigenvalue weighted by atomic mass is 32.2. The fraction of sp³-hybridized carbons (Fsp3) is 0.375. The first-order valence-corrected chi connectivity index (χ1v) is 9.57. The van der Waals surface area contributed by atoms with Crippen molar-refractivity contribution in [2.45, 2.75) is 36.9 Å². The van der Waals surface area contributed by atoms with Crippen LogP contribution in [0.3, 0.4) is 0 Å². The van der Waals surface area contributed by atoms with Gasteiger partial charge in [-0.2, -0.15) is 0 Å². The van der Waals surface area contributed by atoms with Crippen LogP contribution in [0.4, 0.5) is 4.39 Å². The summed E-state index contributed by atoms with van der Waals surface area (Å²) in [6.45, 7) is 0. The number of nitrogens with zero attached hydrogens (tertiary/aromatic N) is 2. The number of nitrogens with one attached hydrogen (secondary N) is 3. The van der Waals surface area contributed by atoms with Crippen molar-refractivity contribution in [2.75, 3.05) is 5.75 Å². The van der Waals surface area contributed by atoms with Crippen molar-refractivity contribution in [1.29, 1.82) is 0 Å². The van der Waals surface area contributed by atoms with Gasteiger partial charge in [-0.1, -0.05) is 24.6 Å². The minimum absolute atomic E-state index is 0.0874. The molecule has 0 spiro atoms. The molecule has 3 rings (SSSR count). The summed E-state index contributed by atoms with van der Waals surface area (Å²) in [5.74, 6) is -0.253. The van der Waals surface area contributed by atoms with E-state index in [-0.39, 0.29) is 28.6 Å². The number of thiocarbonyl (C=S) groups is 1. The molecule has 1 fully saturated rings. The molecule has 3 N–H and O–H groups in total. The molecule has 1 aliphatic rings. The van der Waals surface area contributed by atoms with Crippen molar-refractivity contribution in [3.8, 4) is 11.5 Å². The Balaban J connectivity index is 1.40. The molecule has 10 heteroatoms. The van der Waals surface area contributed by atoms with Crippen molar-refractivity contribution in [3.05, 3.63) is 30.1 Å². The quantitative estimate of drug-likeness (QED) is 0.404. The molecule has 7 nitrogen and oxygen atoms in total. The van der Waals surface area contributed by atoms with E-state index in [0.29, 0.717) is 16.7 Å². The Morgan fingerprint density at radius 2 is 1.96 bits per heavy atom. The number of hydrogen-bond donors (Lipinski definition) is 3. The maximum Gasteiger partial charge on any atom is 0.277 e. The summed E-state index contributed by atoms with van der Waals surface area (Å²) in [4.78, 5) is 11.9. The molecule has 0 unspecified atom stereocenters. The van der Waals surface area contributed by atoms with E-state index in [1.54, 1.807) is 12.1 Å². The zero-order valence-corrected chi connectivity index (χ0v) is 15.5. The molecule has 0 radical (unpaired) electrons. The third-order valence-electron chi connectivity index (χ3n) is 3.83. The molecule has 1 aromatic carbocycles. The van der Waals surface area contributed by atoms with Gasteiger partial charge in [-0.25, -0.2) is 4.39 Å². The number of thioether (sulfide) groups is 1. The van der Waals surface area contributed by atoms with Crippen LogP contribution in [-0.2, 0) is 4.79 Å². The third-order valence-corrected chi connectivity index (χ3v) is 4.87. The van der Waals surface area contributed by atoms with Crippen LogP contribution < -0.4 is 16.2 Å². The molecule has 0 aliphatic heterocycles. The molecule has 1 amide bonds. The Morgan fingerprint density at radius 3 is 2.69 bits per heavy atom. The molecule has 1 aromatic heterocycles. The van der Waals surface area contributed by atoms with Crippen molar-refractivity contribution in [2.24, 2.45) is 0 Å². The normalized spacial score (nSPS) is 14.2. The van der Waals surface area contributed by atoms with Gasteiger partial charge < -0.3 is 9.73 Å². The topological polar surface area (TPSA) is 92.1 Å². The maximum atomic E-state index is 12.9. The minimum Gasteiger partial charge on any atom is -0.411 e. The van der Waals surface area contributed by atoms with E-state index in [1.807, 2.05) is 0 Å². The molecule has 138 valence electrons. The lowest BCUT2D eigenvalue weighted by Crippen LogP contribution is -2.49. The van der Waals surface area contributed by atoms with Crippen LogP contribution in [0.5, 0.6) is 0 Å². The summed E-state index contributed by atoms with van der Waals surface area (Å²) in [5, 5.41) is 11.6. The van der Waals surface area contributed by atoms with Crippen LogP contribution in [0.25, 0.3) is 11.5 Å². The lowest BCUT2D eigenvalue weighted by molar-refractivity contribution is -0.119. The Hall–Kier alpha value is -2.20. The molecule has 1 saturated carbocycles. The van der Waals surface area contributed by atoms with Gasteiger partial charge in [0.05, 0.1) is 5.75 Å². The van der Waals surface area contributed by atoms with Crippen LogP contribution in [0.1, 0.15) is 25.7 Å². The first-order chi connectivity index (χ1) is 12.6. The number of carbonyl (C=O) groups is 1. The van der Waals surface area contributed by atoms with Gasteiger partial charge in [-0.15, -0.1) is 10.2 Å². The highest BCUT2D eigenvalue weighted by Crippen LogP contribution is 2.23. The van der Waals surface area contributed by atoms with Crippen molar-refractivity contribution in [1.82, 2.24) is 26.4 Å². The molecule has 1 heterocycles. The zero-order valence-electron chi connectivity index (χ0n) is 13.8. The number of hydrazine groups is 1. The summed E-state index contributed by atoms with van der Waals surface area (Å²) in [6.07, 6.45) is 4.60. The Kier molecular flexibility index (Phi) is 6.40. The van der Waals surface area contributed by atoms with Crippen LogP contribution in [0.15, 0.2) is 33.9 Å². The molecule has 0 bridgehead atoms. The monoisotopic (exact) mass is 395 g/mol. The number of carbonyl (C=O) groups excluding carboxylic acids is 1. The SMILES string of the molecule is O=C(CSc1nnc(-c2ccc(F)cc2)o1)NNC(=S)NC1CCCC1. The molecule has 0 saturated heterocycles. The Morgan fingerprint density at radius 1 is 1.23 bits per heavy atom. The summed E-state index contributed by atoms with van der Waals surface area (Å²) in [6, 6.07) is 6.10. The van der Waals surface area contributed by atoms with E-state index in [0.717, 1.165) is 24.6 Å². The second kappa shape index (κ2) is 8.95. The number of aromatic nitrogens is 2. The maximum absolute atomic E-state index is 12.9. The van der Waals surface area contributed by atoms with E-state index >= 15 is 0 Å². The standard InChI is InChI=1S/C16H18FN5O2S2/c17-11-7-5-10(6-8-11)14-20-22-16(24-14)26-9-13(23)19-21-15(25)18-12-3-1-2-4-12/h5-8,12H,1-4,9H2,(H,19,23)(H2,18,21,25). The number of rotatable bonds is 5. The zero-order chi connectivity index (χ0) is 18.4. The second-order valence-corrected chi connectivity index (χ2v) is 7.13. The molecular weight excluding hydrogens is 377 g/mol. The predicted molar refractivity (Wildman–Crippen MR) is 99.7 cm³/mol. The highest BCUT2D eigenvalue weighted by Gasteiger charge is 2.16. The first-order valence-electron chi connectivity index (χ1n) is 8.18. The van der Waals surface area contributed by atoms with Gasteiger partial charge in [-0.05, 0) is 49.3 Å². The van der Waals surface area contributed by atoms with Crippen LogP contribution in [0, 0.1) is 5.82 Å². The van der Waals surface area contributed by atoms with Gasteiger partial charge >= 0.3 is 0 Å². The summed E-state index contributed by atoms with van der Waals surface area (Å²) >= 11 is 6.24. The number of halogens is 1. The smallest absolute Gasteiger partial charge is 0.277 e. The molecule has 0 atom stereocenters. The predicted octanol–water partition coefficient (Wildman–Crippen LogP) is 2.41. The van der Waals surface area contributed by atoms with Gasteiger partial charge in [-0.3, -0.25) is 15.6 Å². The van der Waals surface area contributed by atoms with Crippen molar-refractivity contribution in [3.63, 3.8) is 0 Å². The second-order valence-electron chi connectivity index (χ2n) is 5.80. The summed E-state index contributed by atoms with van der Waals surface area (Å²) in [5.41, 5.74) is 5.82. The largest absolute Gasteiger partial charge is 0.411 e. The van der Waals surface area contributed by atoms with E-state index in [4.69, 9.17) is 16.6 Å². The lowest BCUT2D eigenvalue weighted by Gasteiger charge is -2.15. The van der Waals surface area contributed by atoms with Gasteiger partial charge in [0.25, 0.3) is 5.22 Å². The Labute approximate surface area is 159 Å². The van der Waals surface area contributed by atoms with E-state index in [9.17, 15) is 9.18 Å². The van der Waals surface area contributed by atoms with Gasteiger partial charge in [0.1, 0.15) is 5.82 Å². The first kappa shape index (κ1) is 18.6. The average molecular weight is 395 g/mol.